The monoisotopic (exact) mass is 560 g/mol. The van der Waals surface area contributed by atoms with Crippen molar-refractivity contribution in [1.82, 2.24) is 20.4 Å². The van der Waals surface area contributed by atoms with Gasteiger partial charge in [-0.1, -0.05) is 61.4 Å². The Morgan fingerprint density at radius 1 is 0.429 bits per heavy atom. The molecule has 210 valence electrons. The second kappa shape index (κ2) is 12.7. The topological polar surface area (TPSA) is 75.6 Å². The Hall–Kier alpha value is -4.98. The molecule has 8 heteroatoms. The molecule has 0 saturated carbocycles. The van der Waals surface area contributed by atoms with Crippen LogP contribution in [0.2, 0.25) is 0 Å². The molecule has 2 heterocycles. The Morgan fingerprint density at radius 2 is 0.810 bits per heavy atom. The van der Waals surface area contributed by atoms with Gasteiger partial charge in [0.25, 0.3) is 0 Å². The van der Waals surface area contributed by atoms with Crippen molar-refractivity contribution in [3.8, 4) is 22.5 Å². The van der Waals surface area contributed by atoms with Gasteiger partial charge in [-0.05, 0) is 61.4 Å². The van der Waals surface area contributed by atoms with Crippen LogP contribution in [0, 0.1) is 11.6 Å². The molecule has 0 fully saturated rings. The lowest BCUT2D eigenvalue weighted by molar-refractivity contribution is 0.627. The first-order chi connectivity index (χ1) is 20.7. The molecule has 0 aliphatic heterocycles. The van der Waals surface area contributed by atoms with Crippen LogP contribution in [0.4, 0.5) is 20.4 Å². The van der Waals surface area contributed by atoms with Crippen molar-refractivity contribution in [2.75, 3.05) is 23.7 Å². The third-order valence-corrected chi connectivity index (χ3v) is 7.30. The Bertz CT molecular complexity index is 1670. The molecule has 0 spiro atoms. The van der Waals surface area contributed by atoms with Crippen LogP contribution in [0.15, 0.2) is 97.1 Å². The summed E-state index contributed by atoms with van der Waals surface area (Å²) in [6.45, 7) is 1.59. The van der Waals surface area contributed by atoms with E-state index in [-0.39, 0.29) is 11.6 Å². The fourth-order valence-corrected chi connectivity index (χ4v) is 5.13. The fourth-order valence-electron chi connectivity index (χ4n) is 5.13. The molecular formula is C34H30F2N6. The molecule has 4 aromatic carbocycles. The Labute approximate surface area is 242 Å². The number of fused-ring (bicyclic) bond motifs is 2. The van der Waals surface area contributed by atoms with E-state index >= 15 is 0 Å². The molecule has 0 bridgehead atoms. The molecule has 6 aromatic rings. The number of hydrogen-bond donors (Lipinski definition) is 2. The molecule has 0 unspecified atom stereocenters. The van der Waals surface area contributed by atoms with Crippen molar-refractivity contribution < 1.29 is 8.78 Å². The first kappa shape index (κ1) is 27.2. The molecule has 6 rings (SSSR count). The van der Waals surface area contributed by atoms with Crippen LogP contribution in [0.5, 0.6) is 0 Å². The summed E-state index contributed by atoms with van der Waals surface area (Å²) < 4.78 is 26.8. The quantitative estimate of drug-likeness (QED) is 0.155. The summed E-state index contributed by atoms with van der Waals surface area (Å²) in [5, 5.41) is 28.6. The summed E-state index contributed by atoms with van der Waals surface area (Å²) in [7, 11) is 0. The van der Waals surface area contributed by atoms with Gasteiger partial charge in [-0.15, -0.1) is 20.4 Å². The predicted octanol–water partition coefficient (Wildman–Crippen LogP) is 8.27. The molecule has 42 heavy (non-hydrogen) atoms. The minimum atomic E-state index is -0.274. The summed E-state index contributed by atoms with van der Waals surface area (Å²) in [4.78, 5) is 0. The Balaban J connectivity index is 1.00. The Kier molecular flexibility index (Phi) is 8.21. The van der Waals surface area contributed by atoms with E-state index < -0.39 is 0 Å². The highest BCUT2D eigenvalue weighted by atomic mass is 19.1. The van der Waals surface area contributed by atoms with E-state index in [4.69, 9.17) is 0 Å². The van der Waals surface area contributed by atoms with E-state index in [1.165, 1.54) is 24.3 Å². The first-order valence-electron chi connectivity index (χ1n) is 14.2. The normalized spacial score (nSPS) is 11.2. The highest BCUT2D eigenvalue weighted by Crippen LogP contribution is 2.31. The molecule has 0 radical (unpaired) electrons. The Morgan fingerprint density at radius 3 is 1.21 bits per heavy atom. The zero-order valence-electron chi connectivity index (χ0n) is 23.0. The first-order valence-corrected chi connectivity index (χ1v) is 14.2. The molecule has 0 saturated heterocycles. The average molecular weight is 561 g/mol. The molecule has 0 atom stereocenters. The number of anilines is 2. The second-order valence-electron chi connectivity index (χ2n) is 10.2. The summed E-state index contributed by atoms with van der Waals surface area (Å²) in [5.41, 5.74) is 3.16. The van der Waals surface area contributed by atoms with Gasteiger partial charge in [-0.2, -0.15) is 0 Å². The molecule has 2 aromatic heterocycles. The number of hydrogen-bond acceptors (Lipinski definition) is 6. The van der Waals surface area contributed by atoms with E-state index in [1.54, 1.807) is 24.3 Å². The van der Waals surface area contributed by atoms with Crippen molar-refractivity contribution in [1.29, 1.82) is 0 Å². The molecular weight excluding hydrogens is 530 g/mol. The highest BCUT2D eigenvalue weighted by molar-refractivity contribution is 6.00. The molecule has 0 aliphatic rings. The third-order valence-electron chi connectivity index (χ3n) is 7.30. The van der Waals surface area contributed by atoms with Gasteiger partial charge in [0, 0.05) is 45.8 Å². The van der Waals surface area contributed by atoms with Crippen molar-refractivity contribution in [2.45, 2.75) is 25.7 Å². The van der Waals surface area contributed by atoms with E-state index in [1.807, 2.05) is 48.5 Å². The fraction of sp³-hybridized carbons (Fsp3) is 0.176. The van der Waals surface area contributed by atoms with Crippen LogP contribution < -0.4 is 10.6 Å². The number of nitrogens with one attached hydrogen (secondary N) is 2. The van der Waals surface area contributed by atoms with Gasteiger partial charge in [0.15, 0.2) is 11.6 Å². The van der Waals surface area contributed by atoms with Gasteiger partial charge in [-0.3, -0.25) is 0 Å². The molecule has 2 N–H and O–H groups in total. The minimum Gasteiger partial charge on any atom is -0.368 e. The summed E-state index contributed by atoms with van der Waals surface area (Å²) >= 11 is 0. The summed E-state index contributed by atoms with van der Waals surface area (Å²) in [6, 6.07) is 28.7. The lowest BCUT2D eigenvalue weighted by atomic mass is 10.0. The van der Waals surface area contributed by atoms with Crippen LogP contribution in [0.1, 0.15) is 25.7 Å². The zero-order chi connectivity index (χ0) is 28.7. The van der Waals surface area contributed by atoms with Crippen molar-refractivity contribution >= 4 is 33.2 Å². The number of halogens is 2. The van der Waals surface area contributed by atoms with Crippen LogP contribution in [0.25, 0.3) is 44.1 Å². The van der Waals surface area contributed by atoms with Gasteiger partial charge >= 0.3 is 0 Å². The zero-order valence-corrected chi connectivity index (χ0v) is 23.0. The standard InChI is InChI=1S/C34H30F2N6/c35-25-17-13-23(14-18-25)31-27-9-3-5-11-29(27)33(41-39-31)37-21-7-1-2-8-22-38-34-30-12-6-4-10-28(30)32(40-42-34)24-15-19-26(36)20-16-24/h3-6,9-20H,1-2,7-8,21-22H2,(H,37,41)(H,38,42). The van der Waals surface area contributed by atoms with Gasteiger partial charge in [-0.25, -0.2) is 8.78 Å². The maximum atomic E-state index is 13.4. The smallest absolute Gasteiger partial charge is 0.156 e. The third kappa shape index (κ3) is 6.02. The molecule has 0 amide bonds. The van der Waals surface area contributed by atoms with Crippen molar-refractivity contribution in [2.24, 2.45) is 0 Å². The van der Waals surface area contributed by atoms with Crippen LogP contribution in [-0.4, -0.2) is 33.5 Å². The van der Waals surface area contributed by atoms with Crippen LogP contribution >= 0.6 is 0 Å². The van der Waals surface area contributed by atoms with Crippen LogP contribution in [0.3, 0.4) is 0 Å². The van der Waals surface area contributed by atoms with E-state index in [0.717, 1.165) is 94.5 Å². The van der Waals surface area contributed by atoms with Crippen LogP contribution in [-0.2, 0) is 0 Å². The maximum absolute atomic E-state index is 13.4. The lowest BCUT2D eigenvalue weighted by Gasteiger charge is -2.12. The predicted molar refractivity (Wildman–Crippen MR) is 165 cm³/mol. The molecule has 6 nitrogen and oxygen atoms in total. The largest absolute Gasteiger partial charge is 0.368 e. The number of benzene rings is 4. The molecule has 0 aliphatic carbocycles. The number of nitrogens with zero attached hydrogens (tertiary/aromatic N) is 4. The highest BCUT2D eigenvalue weighted by Gasteiger charge is 2.12. The van der Waals surface area contributed by atoms with Gasteiger partial charge in [0.2, 0.25) is 0 Å². The van der Waals surface area contributed by atoms with Crippen molar-refractivity contribution in [3.63, 3.8) is 0 Å². The van der Waals surface area contributed by atoms with E-state index in [9.17, 15) is 8.78 Å². The minimum absolute atomic E-state index is 0.274. The number of rotatable bonds is 11. The van der Waals surface area contributed by atoms with Gasteiger partial charge in [0.05, 0.1) is 0 Å². The maximum Gasteiger partial charge on any atom is 0.156 e. The average Bonchev–Trinajstić information content (AvgIpc) is 3.03. The van der Waals surface area contributed by atoms with Gasteiger partial charge in [0.1, 0.15) is 23.0 Å². The van der Waals surface area contributed by atoms with Gasteiger partial charge < -0.3 is 10.6 Å². The summed E-state index contributed by atoms with van der Waals surface area (Å²) in [5.74, 6) is 0.967. The number of aromatic nitrogens is 4. The SMILES string of the molecule is Fc1ccc(-c2nnc(NCCCCCCNc3nnc(-c4ccc(F)cc4)c4ccccc34)c3ccccc23)cc1. The number of unbranched alkanes of at least 4 members (excludes halogenated alkanes) is 3. The van der Waals surface area contributed by atoms with E-state index in [2.05, 4.69) is 31.0 Å². The van der Waals surface area contributed by atoms with Crippen molar-refractivity contribution in [3.05, 3.63) is 109 Å². The van der Waals surface area contributed by atoms with E-state index in [0.29, 0.717) is 0 Å². The second-order valence-corrected chi connectivity index (χ2v) is 10.2. The summed E-state index contributed by atoms with van der Waals surface area (Å²) in [6.07, 6.45) is 4.16. The lowest BCUT2D eigenvalue weighted by Crippen LogP contribution is -2.07.